The number of carbonyl (C=O) groups is 1. The minimum Gasteiger partial charge on any atom is -0.366 e. The molecule has 7 nitrogen and oxygen atoms in total. The number of fused-ring (bicyclic) bond motifs is 1. The molecule has 140 valence electrons. The summed E-state index contributed by atoms with van der Waals surface area (Å²) in [7, 11) is 2.16. The minimum absolute atomic E-state index is 0.0898. The zero-order valence-corrected chi connectivity index (χ0v) is 15.6. The molecule has 2 aromatic heterocycles. The van der Waals surface area contributed by atoms with Gasteiger partial charge in [0.2, 0.25) is 5.91 Å². The maximum atomic E-state index is 11.3. The average molecular weight is 364 g/mol. The normalized spacial score (nSPS) is 15.8. The Labute approximate surface area is 158 Å². The number of amides is 1. The molecule has 0 saturated carbocycles. The van der Waals surface area contributed by atoms with Crippen LogP contribution in [0.4, 0.5) is 11.5 Å². The van der Waals surface area contributed by atoms with Gasteiger partial charge in [-0.05, 0) is 57.2 Å². The summed E-state index contributed by atoms with van der Waals surface area (Å²) in [6.45, 7) is 3.71. The number of nitrogens with zero attached hydrogens (tertiary/aromatic N) is 4. The quantitative estimate of drug-likeness (QED) is 0.745. The van der Waals surface area contributed by atoms with Crippen LogP contribution in [0.25, 0.3) is 16.9 Å². The maximum absolute atomic E-state index is 11.3. The molecule has 0 unspecified atom stereocenters. The summed E-state index contributed by atoms with van der Waals surface area (Å²) in [6.07, 6.45) is 4.05. The van der Waals surface area contributed by atoms with Crippen LogP contribution in [0.1, 0.15) is 19.8 Å². The van der Waals surface area contributed by atoms with E-state index < -0.39 is 0 Å². The highest BCUT2D eigenvalue weighted by Gasteiger charge is 2.17. The Hall–Kier alpha value is -2.93. The molecule has 1 aromatic carbocycles. The van der Waals surface area contributed by atoms with E-state index in [1.165, 1.54) is 6.92 Å². The summed E-state index contributed by atoms with van der Waals surface area (Å²) in [6, 6.07) is 12.1. The molecule has 1 aliphatic heterocycles. The smallest absolute Gasteiger partial charge is 0.221 e. The molecule has 1 aliphatic rings. The predicted molar refractivity (Wildman–Crippen MR) is 107 cm³/mol. The zero-order valence-electron chi connectivity index (χ0n) is 15.6. The van der Waals surface area contributed by atoms with Crippen LogP contribution in [0.3, 0.4) is 0 Å². The molecule has 3 heterocycles. The fraction of sp³-hybridized carbons (Fsp3) is 0.350. The molecule has 1 saturated heterocycles. The number of piperidine rings is 1. The second-order valence-corrected chi connectivity index (χ2v) is 7.12. The molecule has 1 amide bonds. The standard InChI is InChI=1S/C20H24N6O/c1-14(27)22-17-5-3-4-15(12-17)18-13-21-20-7-6-19(24-26(18)20)23-16-8-10-25(2)11-9-16/h3-7,12-13,16H,8-11H2,1-2H3,(H,22,27)(H,23,24). The number of hydrogen-bond donors (Lipinski definition) is 2. The fourth-order valence-electron chi connectivity index (χ4n) is 3.47. The largest absolute Gasteiger partial charge is 0.366 e. The lowest BCUT2D eigenvalue weighted by molar-refractivity contribution is -0.114. The SMILES string of the molecule is CC(=O)Nc1cccc(-c2cnc3ccc(NC4CCN(C)CC4)nn23)c1. The van der Waals surface area contributed by atoms with Crippen LogP contribution >= 0.6 is 0 Å². The third kappa shape index (κ3) is 3.93. The Kier molecular flexibility index (Phi) is 4.77. The van der Waals surface area contributed by atoms with Gasteiger partial charge in [0.1, 0.15) is 5.82 Å². The van der Waals surface area contributed by atoms with E-state index in [0.717, 1.165) is 54.3 Å². The monoisotopic (exact) mass is 364 g/mol. The lowest BCUT2D eigenvalue weighted by Crippen LogP contribution is -2.36. The molecular formula is C20H24N6O. The number of hydrogen-bond acceptors (Lipinski definition) is 5. The van der Waals surface area contributed by atoms with Crippen LogP contribution in [0.5, 0.6) is 0 Å². The summed E-state index contributed by atoms with van der Waals surface area (Å²) in [4.78, 5) is 18.1. The van der Waals surface area contributed by atoms with Crippen LogP contribution in [-0.4, -0.2) is 51.6 Å². The fourth-order valence-corrected chi connectivity index (χ4v) is 3.47. The first-order chi connectivity index (χ1) is 13.1. The third-order valence-corrected chi connectivity index (χ3v) is 4.91. The highest BCUT2D eigenvalue weighted by atomic mass is 16.1. The van der Waals surface area contributed by atoms with Gasteiger partial charge >= 0.3 is 0 Å². The molecule has 27 heavy (non-hydrogen) atoms. The van der Waals surface area contributed by atoms with E-state index in [1.54, 1.807) is 0 Å². The average Bonchev–Trinajstić information content (AvgIpc) is 3.06. The maximum Gasteiger partial charge on any atom is 0.221 e. The van der Waals surface area contributed by atoms with Gasteiger partial charge in [0.05, 0.1) is 11.9 Å². The number of imidazole rings is 1. The van der Waals surface area contributed by atoms with Crippen molar-refractivity contribution in [3.05, 3.63) is 42.6 Å². The third-order valence-electron chi connectivity index (χ3n) is 4.91. The second-order valence-electron chi connectivity index (χ2n) is 7.12. The Bertz CT molecular complexity index is 958. The second kappa shape index (κ2) is 7.36. The lowest BCUT2D eigenvalue weighted by Gasteiger charge is -2.29. The van der Waals surface area contributed by atoms with Gasteiger partial charge in [-0.1, -0.05) is 12.1 Å². The molecule has 0 aliphatic carbocycles. The summed E-state index contributed by atoms with van der Waals surface area (Å²) in [5.74, 6) is 0.766. The number of nitrogens with one attached hydrogen (secondary N) is 2. The van der Waals surface area contributed by atoms with Crippen molar-refractivity contribution in [3.8, 4) is 11.3 Å². The molecule has 1 fully saturated rings. The van der Waals surface area contributed by atoms with E-state index >= 15 is 0 Å². The molecule has 0 atom stereocenters. The van der Waals surface area contributed by atoms with E-state index in [1.807, 2.05) is 47.1 Å². The van der Waals surface area contributed by atoms with Gasteiger partial charge in [0.15, 0.2) is 5.65 Å². The Morgan fingerprint density at radius 1 is 1.19 bits per heavy atom. The van der Waals surface area contributed by atoms with E-state index in [9.17, 15) is 4.79 Å². The predicted octanol–water partition coefficient (Wildman–Crippen LogP) is 2.86. The summed E-state index contributed by atoms with van der Waals surface area (Å²) < 4.78 is 1.85. The van der Waals surface area contributed by atoms with Crippen LogP contribution in [0.15, 0.2) is 42.6 Å². The van der Waals surface area contributed by atoms with Gasteiger partial charge in [-0.2, -0.15) is 0 Å². The first-order valence-corrected chi connectivity index (χ1v) is 9.26. The Balaban J connectivity index is 1.61. The van der Waals surface area contributed by atoms with E-state index in [4.69, 9.17) is 5.10 Å². The Morgan fingerprint density at radius 2 is 2.00 bits per heavy atom. The van der Waals surface area contributed by atoms with Gasteiger partial charge in [0.25, 0.3) is 0 Å². The minimum atomic E-state index is -0.0898. The number of anilines is 2. The summed E-state index contributed by atoms with van der Waals surface area (Å²) >= 11 is 0. The van der Waals surface area contributed by atoms with Crippen LogP contribution in [0, 0.1) is 0 Å². The highest BCUT2D eigenvalue weighted by molar-refractivity contribution is 5.89. The van der Waals surface area contributed by atoms with Gasteiger partial charge in [0, 0.05) is 24.2 Å². The van der Waals surface area contributed by atoms with Crippen molar-refractivity contribution in [2.24, 2.45) is 0 Å². The van der Waals surface area contributed by atoms with Gasteiger partial charge < -0.3 is 15.5 Å². The number of aromatic nitrogens is 3. The summed E-state index contributed by atoms with van der Waals surface area (Å²) in [5, 5.41) is 11.1. The first kappa shape index (κ1) is 17.5. The Morgan fingerprint density at radius 3 is 2.78 bits per heavy atom. The van der Waals surface area contributed by atoms with Crippen LogP contribution in [-0.2, 0) is 4.79 Å². The van der Waals surface area contributed by atoms with E-state index in [2.05, 4.69) is 27.6 Å². The van der Waals surface area contributed by atoms with Crippen molar-refractivity contribution >= 4 is 23.1 Å². The molecule has 7 heteroatoms. The van der Waals surface area contributed by atoms with Gasteiger partial charge in [-0.25, -0.2) is 9.50 Å². The van der Waals surface area contributed by atoms with Crippen molar-refractivity contribution in [3.63, 3.8) is 0 Å². The number of rotatable bonds is 4. The van der Waals surface area contributed by atoms with Crippen molar-refractivity contribution in [1.82, 2.24) is 19.5 Å². The van der Waals surface area contributed by atoms with E-state index in [-0.39, 0.29) is 5.91 Å². The number of likely N-dealkylation sites (tertiary alicyclic amines) is 1. The zero-order chi connectivity index (χ0) is 18.8. The summed E-state index contributed by atoms with van der Waals surface area (Å²) in [5.41, 5.74) is 3.40. The lowest BCUT2D eigenvalue weighted by atomic mass is 10.1. The molecule has 3 aromatic rings. The van der Waals surface area contributed by atoms with Crippen LogP contribution < -0.4 is 10.6 Å². The van der Waals surface area contributed by atoms with Gasteiger partial charge in [-0.15, -0.1) is 5.10 Å². The van der Waals surface area contributed by atoms with Crippen molar-refractivity contribution in [2.45, 2.75) is 25.8 Å². The number of benzene rings is 1. The van der Waals surface area contributed by atoms with Crippen LogP contribution in [0.2, 0.25) is 0 Å². The van der Waals surface area contributed by atoms with E-state index in [0.29, 0.717) is 6.04 Å². The topological polar surface area (TPSA) is 74.6 Å². The molecule has 0 spiro atoms. The molecule has 4 rings (SSSR count). The van der Waals surface area contributed by atoms with Crippen molar-refractivity contribution in [1.29, 1.82) is 0 Å². The molecular weight excluding hydrogens is 340 g/mol. The number of carbonyl (C=O) groups excluding carboxylic acids is 1. The van der Waals surface area contributed by atoms with Crippen molar-refractivity contribution in [2.75, 3.05) is 30.8 Å². The highest BCUT2D eigenvalue weighted by Crippen LogP contribution is 2.24. The first-order valence-electron chi connectivity index (χ1n) is 9.26. The molecule has 2 N–H and O–H groups in total. The molecule has 0 bridgehead atoms. The van der Waals surface area contributed by atoms with Gasteiger partial charge in [-0.3, -0.25) is 4.79 Å². The molecule has 0 radical (unpaired) electrons. The van der Waals surface area contributed by atoms with Crippen molar-refractivity contribution < 1.29 is 4.79 Å².